The van der Waals surface area contributed by atoms with Gasteiger partial charge in [-0.3, -0.25) is 14.5 Å². The summed E-state index contributed by atoms with van der Waals surface area (Å²) in [6.45, 7) is -0.114. The lowest BCUT2D eigenvalue weighted by Gasteiger charge is -2.32. The van der Waals surface area contributed by atoms with Crippen molar-refractivity contribution in [2.75, 3.05) is 15.6 Å². The normalized spacial score (nSPS) is 21.2. The smallest absolute Gasteiger partial charge is 0.274 e. The monoisotopic (exact) mass is 488 g/mol. The molecule has 2 amide bonds. The summed E-state index contributed by atoms with van der Waals surface area (Å²) in [5, 5.41) is -0.324. The number of benzene rings is 3. The number of hydrogen-bond acceptors (Lipinski definition) is 4. The van der Waals surface area contributed by atoms with Crippen molar-refractivity contribution >= 4 is 44.6 Å². The van der Waals surface area contributed by atoms with E-state index in [1.165, 1.54) is 35.2 Å². The molecule has 168 valence electrons. The SMILES string of the molecule is O=C1CS(=O)(=O)C2(C(=O)N(Cc3cccc(F)c3)c3ccccc32)N1c1ccc(F)c(Cl)c1. The maximum Gasteiger partial charge on any atom is 0.274 e. The van der Waals surface area contributed by atoms with E-state index in [0.717, 1.165) is 17.0 Å². The Morgan fingerprint density at radius 3 is 2.45 bits per heavy atom. The Balaban J connectivity index is 1.74. The van der Waals surface area contributed by atoms with Crippen LogP contribution in [0.1, 0.15) is 11.1 Å². The van der Waals surface area contributed by atoms with Gasteiger partial charge in [-0.25, -0.2) is 17.2 Å². The third-order valence-electron chi connectivity index (χ3n) is 5.81. The average molecular weight is 489 g/mol. The minimum absolute atomic E-state index is 0.0248. The fraction of sp³-hybridized carbons (Fsp3) is 0.130. The molecule has 1 saturated heterocycles. The number of sulfone groups is 1. The molecular formula is C23H15ClF2N2O4S. The van der Waals surface area contributed by atoms with Crippen LogP contribution in [0.3, 0.4) is 0 Å². The predicted octanol–water partition coefficient (Wildman–Crippen LogP) is 3.78. The van der Waals surface area contributed by atoms with Gasteiger partial charge in [-0.05, 0) is 42.0 Å². The molecule has 2 heterocycles. The molecule has 1 spiro atoms. The lowest BCUT2D eigenvalue weighted by Crippen LogP contribution is -2.54. The first kappa shape index (κ1) is 21.5. The highest BCUT2D eigenvalue weighted by molar-refractivity contribution is 7.94. The summed E-state index contributed by atoms with van der Waals surface area (Å²) in [5.41, 5.74) is 0.789. The van der Waals surface area contributed by atoms with Gasteiger partial charge in [0.15, 0.2) is 9.84 Å². The number of para-hydroxylation sites is 1. The van der Waals surface area contributed by atoms with E-state index in [4.69, 9.17) is 11.6 Å². The number of fused-ring (bicyclic) bond motifs is 2. The van der Waals surface area contributed by atoms with Crippen LogP contribution in [0, 0.1) is 11.6 Å². The Morgan fingerprint density at radius 2 is 1.73 bits per heavy atom. The van der Waals surface area contributed by atoms with Gasteiger partial charge in [0.05, 0.1) is 17.3 Å². The molecule has 2 aliphatic rings. The van der Waals surface area contributed by atoms with Gasteiger partial charge in [0.25, 0.3) is 10.8 Å². The van der Waals surface area contributed by atoms with Crippen molar-refractivity contribution in [2.45, 2.75) is 11.4 Å². The third-order valence-corrected chi connectivity index (χ3v) is 8.21. The minimum atomic E-state index is -4.38. The molecule has 0 saturated carbocycles. The van der Waals surface area contributed by atoms with E-state index in [0.29, 0.717) is 5.56 Å². The van der Waals surface area contributed by atoms with E-state index in [1.807, 2.05) is 0 Å². The molecule has 33 heavy (non-hydrogen) atoms. The van der Waals surface area contributed by atoms with E-state index in [-0.39, 0.29) is 28.5 Å². The summed E-state index contributed by atoms with van der Waals surface area (Å²) in [4.78, 5) is 26.6. The van der Waals surface area contributed by atoms with Gasteiger partial charge in [0.1, 0.15) is 17.4 Å². The van der Waals surface area contributed by atoms with Crippen LogP contribution < -0.4 is 9.80 Å². The van der Waals surface area contributed by atoms with Gasteiger partial charge in [0.2, 0.25) is 5.91 Å². The van der Waals surface area contributed by atoms with Crippen molar-refractivity contribution in [3.8, 4) is 0 Å². The molecule has 3 aromatic carbocycles. The van der Waals surface area contributed by atoms with Crippen molar-refractivity contribution in [3.63, 3.8) is 0 Å². The van der Waals surface area contributed by atoms with Gasteiger partial charge in [0, 0.05) is 11.3 Å². The standard InChI is InChI=1S/C23H15ClF2N2O4S/c24-18-11-16(8-9-19(18)26)28-21(29)13-33(31,32)23(28)17-6-1-2-7-20(17)27(22(23)30)12-14-4-3-5-15(25)10-14/h1-11H,12-13H2. The van der Waals surface area contributed by atoms with Gasteiger partial charge < -0.3 is 4.90 Å². The first-order valence-electron chi connectivity index (χ1n) is 9.83. The van der Waals surface area contributed by atoms with Crippen molar-refractivity contribution in [2.24, 2.45) is 0 Å². The Bertz CT molecular complexity index is 1450. The zero-order valence-corrected chi connectivity index (χ0v) is 18.4. The molecule has 6 nitrogen and oxygen atoms in total. The Hall–Kier alpha value is -3.30. The molecule has 0 N–H and O–H groups in total. The number of amides is 2. The number of nitrogens with zero attached hydrogens (tertiary/aromatic N) is 2. The zero-order chi connectivity index (χ0) is 23.5. The van der Waals surface area contributed by atoms with Gasteiger partial charge in [-0.2, -0.15) is 0 Å². The van der Waals surface area contributed by atoms with E-state index in [9.17, 15) is 26.8 Å². The molecule has 2 aliphatic heterocycles. The quantitative estimate of drug-likeness (QED) is 0.562. The summed E-state index contributed by atoms with van der Waals surface area (Å²) in [7, 11) is -4.38. The highest BCUT2D eigenvalue weighted by Gasteiger charge is 2.69. The molecule has 3 aromatic rings. The second kappa shape index (κ2) is 7.36. The fourth-order valence-electron chi connectivity index (χ4n) is 4.49. The Labute approximate surface area is 192 Å². The van der Waals surface area contributed by atoms with E-state index < -0.39 is 43.9 Å². The van der Waals surface area contributed by atoms with Crippen molar-refractivity contribution in [1.29, 1.82) is 0 Å². The molecule has 0 aromatic heterocycles. The van der Waals surface area contributed by atoms with Crippen LogP contribution in [0.4, 0.5) is 20.2 Å². The lowest BCUT2D eigenvalue weighted by molar-refractivity contribution is -0.123. The van der Waals surface area contributed by atoms with Crippen molar-refractivity contribution in [1.82, 2.24) is 0 Å². The summed E-state index contributed by atoms with van der Waals surface area (Å²) >= 11 is 5.90. The minimum Gasteiger partial charge on any atom is -0.304 e. The van der Waals surface area contributed by atoms with E-state index in [2.05, 4.69) is 0 Å². The molecule has 0 aliphatic carbocycles. The fourth-order valence-corrected chi connectivity index (χ4v) is 6.70. The molecule has 1 atom stereocenters. The predicted molar refractivity (Wildman–Crippen MR) is 118 cm³/mol. The second-order valence-electron chi connectivity index (χ2n) is 7.77. The van der Waals surface area contributed by atoms with E-state index in [1.54, 1.807) is 24.3 Å². The number of anilines is 2. The van der Waals surface area contributed by atoms with Gasteiger partial charge in [-0.1, -0.05) is 41.9 Å². The third kappa shape index (κ3) is 2.99. The molecule has 1 fully saturated rings. The highest BCUT2D eigenvalue weighted by atomic mass is 35.5. The van der Waals surface area contributed by atoms with Crippen molar-refractivity contribution < 1.29 is 26.8 Å². The number of carbonyl (C=O) groups is 2. The van der Waals surface area contributed by atoms with Gasteiger partial charge in [-0.15, -0.1) is 0 Å². The van der Waals surface area contributed by atoms with Crippen LogP contribution in [-0.4, -0.2) is 26.0 Å². The number of hydrogen-bond donors (Lipinski definition) is 0. The van der Waals surface area contributed by atoms with Crippen LogP contribution in [0.5, 0.6) is 0 Å². The molecular weight excluding hydrogens is 474 g/mol. The summed E-state index contributed by atoms with van der Waals surface area (Å²) in [5.74, 6) is -3.88. The molecule has 1 unspecified atom stereocenters. The summed E-state index contributed by atoms with van der Waals surface area (Å²) in [6, 6.07) is 15.1. The first-order valence-corrected chi connectivity index (χ1v) is 11.9. The molecule has 0 radical (unpaired) electrons. The van der Waals surface area contributed by atoms with Gasteiger partial charge >= 0.3 is 0 Å². The largest absolute Gasteiger partial charge is 0.304 e. The Morgan fingerprint density at radius 1 is 0.970 bits per heavy atom. The highest BCUT2D eigenvalue weighted by Crippen LogP contribution is 2.53. The number of halogens is 3. The maximum absolute atomic E-state index is 13.9. The number of rotatable bonds is 3. The van der Waals surface area contributed by atoms with Crippen molar-refractivity contribution in [3.05, 3.63) is 94.5 Å². The Kier molecular flexibility index (Phi) is 4.80. The number of carbonyl (C=O) groups excluding carboxylic acids is 2. The van der Waals surface area contributed by atoms with E-state index >= 15 is 0 Å². The molecule has 10 heteroatoms. The average Bonchev–Trinajstić information content (AvgIpc) is 3.13. The summed E-state index contributed by atoms with van der Waals surface area (Å²) in [6.07, 6.45) is 0. The molecule has 0 bridgehead atoms. The maximum atomic E-state index is 13.9. The summed E-state index contributed by atoms with van der Waals surface area (Å²) < 4.78 is 54.5. The van der Waals surface area contributed by atoms with Crippen LogP contribution in [-0.2, 0) is 30.8 Å². The molecule has 5 rings (SSSR count). The van der Waals surface area contributed by atoms with Crippen LogP contribution in [0.2, 0.25) is 5.02 Å². The van der Waals surface area contributed by atoms with Crippen LogP contribution >= 0.6 is 11.6 Å². The van der Waals surface area contributed by atoms with Crippen LogP contribution in [0.25, 0.3) is 0 Å². The first-order chi connectivity index (χ1) is 15.7. The van der Waals surface area contributed by atoms with Crippen LogP contribution in [0.15, 0.2) is 66.7 Å². The topological polar surface area (TPSA) is 74.8 Å². The second-order valence-corrected chi connectivity index (χ2v) is 10.3. The lowest BCUT2D eigenvalue weighted by atomic mass is 10.0. The zero-order valence-electron chi connectivity index (χ0n) is 16.8.